The number of nitrogens with one attached hydrogen (secondary N) is 3. The Labute approximate surface area is 136 Å². The van der Waals surface area contributed by atoms with Gasteiger partial charge in [-0.3, -0.25) is 15.0 Å². The molecule has 0 aliphatic rings. The van der Waals surface area contributed by atoms with E-state index in [1.54, 1.807) is 20.8 Å². The van der Waals surface area contributed by atoms with Gasteiger partial charge in [-0.25, -0.2) is 10.2 Å². The van der Waals surface area contributed by atoms with Gasteiger partial charge in [0.2, 0.25) is 11.8 Å². The summed E-state index contributed by atoms with van der Waals surface area (Å²) in [5, 5.41) is 2.61. The summed E-state index contributed by atoms with van der Waals surface area (Å²) in [6.07, 6.45) is -0.778. The molecule has 0 saturated heterocycles. The Kier molecular flexibility index (Phi) is 10.4. The molecule has 0 aromatic rings. The molecule has 0 aliphatic carbocycles. The maximum atomic E-state index is 11.4. The highest BCUT2D eigenvalue weighted by molar-refractivity contribution is 7.80. The largest absolute Gasteiger partial charge is 0.443 e. The topological polar surface area (TPSA) is 106 Å². The number of hydrogen-bond acceptors (Lipinski definition) is 6. The monoisotopic (exact) mass is 335 g/mol. The van der Waals surface area contributed by atoms with E-state index in [0.717, 1.165) is 0 Å². The summed E-state index contributed by atoms with van der Waals surface area (Å²) < 4.78 is 10.1. The summed E-state index contributed by atoms with van der Waals surface area (Å²) in [7, 11) is 0. The summed E-state index contributed by atoms with van der Waals surface area (Å²) in [6.45, 7) is 6.43. The average molecular weight is 335 g/mol. The van der Waals surface area contributed by atoms with Gasteiger partial charge in [0.05, 0.1) is 13.2 Å². The molecule has 0 aliphatic heterocycles. The van der Waals surface area contributed by atoms with E-state index in [2.05, 4.69) is 28.8 Å². The van der Waals surface area contributed by atoms with Gasteiger partial charge in [-0.05, 0) is 20.8 Å². The summed E-state index contributed by atoms with van der Waals surface area (Å²) in [5.41, 5.74) is 3.63. The molecule has 0 bridgehead atoms. The molecule has 0 aromatic carbocycles. The van der Waals surface area contributed by atoms with E-state index < -0.39 is 17.6 Å². The molecule has 0 heterocycles. The smallest absolute Gasteiger partial charge is 0.426 e. The first-order chi connectivity index (χ1) is 10.2. The lowest BCUT2D eigenvalue weighted by Gasteiger charge is -2.19. The zero-order valence-corrected chi connectivity index (χ0v) is 14.1. The molecule has 0 atom stereocenters. The fourth-order valence-corrected chi connectivity index (χ4v) is 1.36. The van der Waals surface area contributed by atoms with Gasteiger partial charge in [0.15, 0.2) is 0 Å². The van der Waals surface area contributed by atoms with Crippen molar-refractivity contribution in [2.75, 3.05) is 25.5 Å². The maximum Gasteiger partial charge on any atom is 0.426 e. The molecule has 9 heteroatoms. The van der Waals surface area contributed by atoms with Crippen LogP contribution in [0.4, 0.5) is 4.79 Å². The molecule has 8 nitrogen and oxygen atoms in total. The molecule has 0 fully saturated rings. The first-order valence-electron chi connectivity index (χ1n) is 6.97. The molecule has 0 rings (SSSR count). The zero-order valence-electron chi connectivity index (χ0n) is 13.2. The van der Waals surface area contributed by atoms with E-state index in [1.807, 2.05) is 0 Å². The predicted octanol–water partition coefficient (Wildman–Crippen LogP) is 0.385. The van der Waals surface area contributed by atoms with Crippen molar-refractivity contribution < 1.29 is 23.9 Å². The van der Waals surface area contributed by atoms with Crippen molar-refractivity contribution in [2.24, 2.45) is 0 Å². The minimum absolute atomic E-state index is 0.0222. The Morgan fingerprint density at radius 1 is 1.00 bits per heavy atom. The van der Waals surface area contributed by atoms with Crippen LogP contribution in [-0.4, -0.2) is 49.0 Å². The highest BCUT2D eigenvalue weighted by Crippen LogP contribution is 2.05. The van der Waals surface area contributed by atoms with Gasteiger partial charge < -0.3 is 14.8 Å². The van der Waals surface area contributed by atoms with Crippen molar-refractivity contribution in [1.82, 2.24) is 16.2 Å². The lowest BCUT2D eigenvalue weighted by atomic mass is 10.2. The van der Waals surface area contributed by atoms with Crippen LogP contribution in [0.2, 0.25) is 0 Å². The quantitative estimate of drug-likeness (QED) is 0.292. The van der Waals surface area contributed by atoms with Crippen LogP contribution in [-0.2, 0) is 19.1 Å². The van der Waals surface area contributed by atoms with Crippen LogP contribution in [0, 0.1) is 0 Å². The Morgan fingerprint density at radius 3 is 2.23 bits per heavy atom. The predicted molar refractivity (Wildman–Crippen MR) is 84.4 cm³/mol. The third-order valence-corrected chi connectivity index (χ3v) is 2.27. The second-order valence-corrected chi connectivity index (χ2v) is 5.81. The molecular formula is C13H25N3O5S. The first-order valence-corrected chi connectivity index (χ1v) is 7.61. The molecular weight excluding hydrogens is 310 g/mol. The van der Waals surface area contributed by atoms with E-state index in [-0.39, 0.29) is 18.7 Å². The molecule has 0 radical (unpaired) electrons. The van der Waals surface area contributed by atoms with Crippen LogP contribution < -0.4 is 16.2 Å². The summed E-state index contributed by atoms with van der Waals surface area (Å²) in [5.74, 6) is -0.118. The molecule has 0 unspecified atom stereocenters. The van der Waals surface area contributed by atoms with Crippen LogP contribution in [0.15, 0.2) is 0 Å². The van der Waals surface area contributed by atoms with Crippen molar-refractivity contribution in [3.63, 3.8) is 0 Å². The van der Waals surface area contributed by atoms with Crippen LogP contribution in [0.5, 0.6) is 0 Å². The highest BCUT2D eigenvalue weighted by atomic mass is 32.1. The van der Waals surface area contributed by atoms with Gasteiger partial charge in [-0.2, -0.15) is 12.6 Å². The minimum Gasteiger partial charge on any atom is -0.443 e. The fourth-order valence-electron chi connectivity index (χ4n) is 1.23. The van der Waals surface area contributed by atoms with E-state index in [9.17, 15) is 14.4 Å². The van der Waals surface area contributed by atoms with E-state index in [1.165, 1.54) is 0 Å². The molecule has 128 valence electrons. The second-order valence-electron chi connectivity index (χ2n) is 5.36. The standard InChI is InChI=1S/C13H25N3O5S/c1-13(2,3)21-12(19)16-15-11(18)5-4-10(17)14-6-7-20-8-9-22/h22H,4-9H2,1-3H3,(H,14,17)(H,15,18)(H,16,19). The average Bonchev–Trinajstić information content (AvgIpc) is 2.41. The molecule has 0 spiro atoms. The Bertz CT molecular complexity index is 371. The first kappa shape index (κ1) is 20.5. The molecule has 0 saturated carbocycles. The number of carbonyl (C=O) groups is 3. The van der Waals surface area contributed by atoms with E-state index in [0.29, 0.717) is 25.5 Å². The van der Waals surface area contributed by atoms with Crippen LogP contribution in [0.1, 0.15) is 33.6 Å². The normalized spacial score (nSPS) is 10.7. The van der Waals surface area contributed by atoms with Crippen molar-refractivity contribution in [3.8, 4) is 0 Å². The third kappa shape index (κ3) is 13.5. The Morgan fingerprint density at radius 2 is 1.64 bits per heavy atom. The van der Waals surface area contributed by atoms with E-state index >= 15 is 0 Å². The zero-order chi connectivity index (χ0) is 17.0. The number of thiol groups is 1. The highest BCUT2D eigenvalue weighted by Gasteiger charge is 2.16. The minimum atomic E-state index is -0.758. The van der Waals surface area contributed by atoms with E-state index in [4.69, 9.17) is 9.47 Å². The lowest BCUT2D eigenvalue weighted by Crippen LogP contribution is -2.44. The van der Waals surface area contributed by atoms with Gasteiger partial charge in [0.25, 0.3) is 0 Å². The Hall–Kier alpha value is -1.48. The summed E-state index contributed by atoms with van der Waals surface area (Å²) in [4.78, 5) is 34.2. The van der Waals surface area contributed by atoms with Crippen LogP contribution >= 0.6 is 12.6 Å². The number of ether oxygens (including phenoxy) is 2. The molecule has 22 heavy (non-hydrogen) atoms. The second kappa shape index (κ2) is 11.1. The van der Waals surface area contributed by atoms with Crippen molar-refractivity contribution in [3.05, 3.63) is 0 Å². The summed E-state index contributed by atoms with van der Waals surface area (Å²) >= 11 is 3.98. The number of hydrogen-bond donors (Lipinski definition) is 4. The van der Waals surface area contributed by atoms with Gasteiger partial charge in [0.1, 0.15) is 5.60 Å². The van der Waals surface area contributed by atoms with Crippen molar-refractivity contribution >= 4 is 30.5 Å². The SMILES string of the molecule is CC(C)(C)OC(=O)NNC(=O)CCC(=O)NCCOCCS. The van der Waals surface area contributed by atoms with Gasteiger partial charge in [-0.15, -0.1) is 0 Å². The number of rotatable bonds is 8. The number of carbonyl (C=O) groups excluding carboxylic acids is 3. The van der Waals surface area contributed by atoms with Gasteiger partial charge in [-0.1, -0.05) is 0 Å². The molecule has 0 aromatic heterocycles. The summed E-state index contributed by atoms with van der Waals surface area (Å²) in [6, 6.07) is 0. The van der Waals surface area contributed by atoms with Gasteiger partial charge in [0, 0.05) is 25.1 Å². The lowest BCUT2D eigenvalue weighted by molar-refractivity contribution is -0.127. The van der Waals surface area contributed by atoms with Crippen molar-refractivity contribution in [2.45, 2.75) is 39.2 Å². The fraction of sp³-hybridized carbons (Fsp3) is 0.769. The maximum absolute atomic E-state index is 11.4. The van der Waals surface area contributed by atoms with Gasteiger partial charge >= 0.3 is 6.09 Å². The third-order valence-electron chi connectivity index (χ3n) is 2.09. The molecule has 3 N–H and O–H groups in total. The molecule has 3 amide bonds. The number of hydrazine groups is 1. The van der Waals surface area contributed by atoms with Crippen LogP contribution in [0.3, 0.4) is 0 Å². The Balaban J connectivity index is 3.68. The van der Waals surface area contributed by atoms with Crippen LogP contribution in [0.25, 0.3) is 0 Å². The van der Waals surface area contributed by atoms with Crippen molar-refractivity contribution in [1.29, 1.82) is 0 Å². The number of amides is 3.